The summed E-state index contributed by atoms with van der Waals surface area (Å²) in [4.78, 5) is 22.7. The molecule has 1 aliphatic rings. The van der Waals surface area contributed by atoms with Crippen LogP contribution in [-0.4, -0.2) is 47.5 Å². The summed E-state index contributed by atoms with van der Waals surface area (Å²) in [7, 11) is 2.18. The summed E-state index contributed by atoms with van der Waals surface area (Å²) in [5.74, 6) is 1.58. The SMILES string of the molecule is CN1CCC(CCNC(=O)c2ccc(CSc3nc4ccccc4[nH]3)cc2)CC1. The topological polar surface area (TPSA) is 61.0 Å². The van der Waals surface area contributed by atoms with E-state index in [-0.39, 0.29) is 5.91 Å². The van der Waals surface area contributed by atoms with Gasteiger partial charge >= 0.3 is 0 Å². The molecule has 0 aliphatic carbocycles. The number of fused-ring (bicyclic) bond motifs is 1. The highest BCUT2D eigenvalue weighted by Gasteiger charge is 2.16. The predicted molar refractivity (Wildman–Crippen MR) is 119 cm³/mol. The second-order valence-electron chi connectivity index (χ2n) is 7.84. The number of carbonyl (C=O) groups excluding carboxylic acids is 1. The molecule has 29 heavy (non-hydrogen) atoms. The molecule has 0 unspecified atom stereocenters. The molecule has 0 bridgehead atoms. The normalized spacial score (nSPS) is 15.6. The molecule has 0 spiro atoms. The number of hydrogen-bond acceptors (Lipinski definition) is 4. The first-order valence-electron chi connectivity index (χ1n) is 10.3. The summed E-state index contributed by atoms with van der Waals surface area (Å²) in [5, 5.41) is 4.00. The maximum Gasteiger partial charge on any atom is 0.251 e. The van der Waals surface area contributed by atoms with Crippen molar-refractivity contribution >= 4 is 28.7 Å². The first kappa shape index (κ1) is 20.0. The van der Waals surface area contributed by atoms with Gasteiger partial charge in [0.1, 0.15) is 0 Å². The molecule has 1 fully saturated rings. The lowest BCUT2D eigenvalue weighted by atomic mass is 9.94. The molecule has 152 valence electrons. The molecule has 2 N–H and O–H groups in total. The van der Waals surface area contributed by atoms with Gasteiger partial charge in [0.25, 0.3) is 5.91 Å². The van der Waals surface area contributed by atoms with Crippen molar-refractivity contribution < 1.29 is 4.79 Å². The maximum absolute atomic E-state index is 12.4. The summed E-state index contributed by atoms with van der Waals surface area (Å²) < 4.78 is 0. The average molecular weight is 409 g/mol. The standard InChI is InChI=1S/C23H28N4OS/c1-27-14-11-17(12-15-27)10-13-24-22(28)19-8-6-18(7-9-19)16-29-23-25-20-4-2-3-5-21(20)26-23/h2-9,17H,10-16H2,1H3,(H,24,28)(H,25,26). The van der Waals surface area contributed by atoms with Crippen LogP contribution in [0.1, 0.15) is 35.2 Å². The Morgan fingerprint density at radius 2 is 1.93 bits per heavy atom. The molecular formula is C23H28N4OS. The van der Waals surface area contributed by atoms with Crippen LogP contribution >= 0.6 is 11.8 Å². The molecule has 1 aromatic heterocycles. The summed E-state index contributed by atoms with van der Waals surface area (Å²) >= 11 is 1.67. The molecule has 0 atom stereocenters. The minimum absolute atomic E-state index is 0.0226. The number of benzene rings is 2. The van der Waals surface area contributed by atoms with Crippen LogP contribution < -0.4 is 5.32 Å². The Kier molecular flexibility index (Phi) is 6.52. The van der Waals surface area contributed by atoms with Crippen LogP contribution in [0.2, 0.25) is 0 Å². The third kappa shape index (κ3) is 5.40. The van der Waals surface area contributed by atoms with E-state index in [1.165, 1.54) is 31.5 Å². The number of para-hydroxylation sites is 2. The van der Waals surface area contributed by atoms with Gasteiger partial charge in [-0.2, -0.15) is 0 Å². The molecule has 5 nitrogen and oxygen atoms in total. The van der Waals surface area contributed by atoms with Crippen LogP contribution in [0, 0.1) is 5.92 Å². The third-order valence-corrected chi connectivity index (χ3v) is 6.58. The number of aromatic amines is 1. The van der Waals surface area contributed by atoms with Crippen molar-refractivity contribution in [2.24, 2.45) is 5.92 Å². The summed E-state index contributed by atoms with van der Waals surface area (Å²) in [5.41, 5.74) is 3.95. The van der Waals surface area contributed by atoms with Crippen LogP contribution in [0.3, 0.4) is 0 Å². The van der Waals surface area contributed by atoms with Gasteiger partial charge in [0, 0.05) is 17.9 Å². The van der Waals surface area contributed by atoms with Gasteiger partial charge in [-0.25, -0.2) is 4.98 Å². The number of amides is 1. The van der Waals surface area contributed by atoms with E-state index in [0.29, 0.717) is 0 Å². The molecule has 1 aliphatic heterocycles. The van der Waals surface area contributed by atoms with Crippen molar-refractivity contribution in [2.45, 2.75) is 30.2 Å². The lowest BCUT2D eigenvalue weighted by Crippen LogP contribution is -2.32. The molecular weight excluding hydrogens is 380 g/mol. The average Bonchev–Trinajstić information content (AvgIpc) is 3.17. The zero-order chi connectivity index (χ0) is 20.1. The van der Waals surface area contributed by atoms with Gasteiger partial charge in [-0.15, -0.1) is 0 Å². The fraction of sp³-hybridized carbons (Fsp3) is 0.391. The van der Waals surface area contributed by atoms with Crippen molar-refractivity contribution in [3.63, 3.8) is 0 Å². The molecule has 1 amide bonds. The van der Waals surface area contributed by atoms with Gasteiger partial charge in [0.05, 0.1) is 11.0 Å². The Bertz CT molecular complexity index is 912. The van der Waals surface area contributed by atoms with Gasteiger partial charge in [-0.3, -0.25) is 4.79 Å². The Labute approximate surface area is 176 Å². The van der Waals surface area contributed by atoms with Gasteiger partial charge in [-0.1, -0.05) is 36.0 Å². The van der Waals surface area contributed by atoms with Crippen molar-refractivity contribution in [2.75, 3.05) is 26.7 Å². The zero-order valence-electron chi connectivity index (χ0n) is 16.9. The highest BCUT2D eigenvalue weighted by Crippen LogP contribution is 2.23. The number of H-pyrrole nitrogens is 1. The largest absolute Gasteiger partial charge is 0.352 e. The Balaban J connectivity index is 1.23. The predicted octanol–water partition coefficient (Wildman–Crippen LogP) is 4.32. The molecule has 2 aromatic carbocycles. The maximum atomic E-state index is 12.4. The molecule has 0 radical (unpaired) electrons. The zero-order valence-corrected chi connectivity index (χ0v) is 17.7. The number of carbonyl (C=O) groups is 1. The van der Waals surface area contributed by atoms with Crippen molar-refractivity contribution in [1.82, 2.24) is 20.2 Å². The monoisotopic (exact) mass is 408 g/mol. The van der Waals surface area contributed by atoms with E-state index in [0.717, 1.165) is 46.4 Å². The number of nitrogens with zero attached hydrogens (tertiary/aromatic N) is 2. The van der Waals surface area contributed by atoms with Crippen molar-refractivity contribution in [1.29, 1.82) is 0 Å². The first-order chi connectivity index (χ1) is 14.2. The fourth-order valence-corrected chi connectivity index (χ4v) is 4.59. The van der Waals surface area contributed by atoms with Gasteiger partial charge in [0.2, 0.25) is 0 Å². The fourth-order valence-electron chi connectivity index (χ4n) is 3.74. The highest BCUT2D eigenvalue weighted by atomic mass is 32.2. The minimum Gasteiger partial charge on any atom is -0.352 e. The highest BCUT2D eigenvalue weighted by molar-refractivity contribution is 7.98. The second kappa shape index (κ2) is 9.46. The molecule has 1 saturated heterocycles. The second-order valence-corrected chi connectivity index (χ2v) is 8.80. The van der Waals surface area contributed by atoms with Crippen LogP contribution in [-0.2, 0) is 5.75 Å². The Morgan fingerprint density at radius 3 is 2.69 bits per heavy atom. The van der Waals surface area contributed by atoms with E-state index in [9.17, 15) is 4.79 Å². The smallest absolute Gasteiger partial charge is 0.251 e. The van der Waals surface area contributed by atoms with Crippen molar-refractivity contribution in [3.05, 3.63) is 59.7 Å². The van der Waals surface area contributed by atoms with E-state index in [2.05, 4.69) is 27.2 Å². The number of piperidine rings is 1. The summed E-state index contributed by atoms with van der Waals surface area (Å²) in [6.45, 7) is 3.11. The molecule has 4 rings (SSSR count). The summed E-state index contributed by atoms with van der Waals surface area (Å²) in [6, 6.07) is 15.9. The van der Waals surface area contributed by atoms with E-state index in [1.807, 2.05) is 48.5 Å². The van der Waals surface area contributed by atoms with Crippen molar-refractivity contribution in [3.8, 4) is 0 Å². The van der Waals surface area contributed by atoms with E-state index < -0.39 is 0 Å². The Hall–Kier alpha value is -2.31. The van der Waals surface area contributed by atoms with E-state index in [1.54, 1.807) is 11.8 Å². The molecule has 0 saturated carbocycles. The van der Waals surface area contributed by atoms with Gasteiger partial charge in [-0.05, 0) is 75.1 Å². The molecule has 6 heteroatoms. The van der Waals surface area contributed by atoms with Crippen LogP contribution in [0.25, 0.3) is 11.0 Å². The lowest BCUT2D eigenvalue weighted by molar-refractivity contribution is 0.0949. The van der Waals surface area contributed by atoms with Gasteiger partial charge in [0.15, 0.2) is 5.16 Å². The van der Waals surface area contributed by atoms with Gasteiger partial charge < -0.3 is 15.2 Å². The number of thioether (sulfide) groups is 1. The lowest BCUT2D eigenvalue weighted by Gasteiger charge is -2.28. The number of hydrogen-bond donors (Lipinski definition) is 2. The summed E-state index contributed by atoms with van der Waals surface area (Å²) in [6.07, 6.45) is 3.56. The number of rotatable bonds is 7. The van der Waals surface area contributed by atoms with Crippen LogP contribution in [0.15, 0.2) is 53.7 Å². The van der Waals surface area contributed by atoms with E-state index in [4.69, 9.17) is 0 Å². The van der Waals surface area contributed by atoms with Crippen LogP contribution in [0.5, 0.6) is 0 Å². The number of likely N-dealkylation sites (tertiary alicyclic amines) is 1. The minimum atomic E-state index is 0.0226. The number of nitrogens with one attached hydrogen (secondary N) is 2. The third-order valence-electron chi connectivity index (χ3n) is 5.64. The number of aromatic nitrogens is 2. The Morgan fingerprint density at radius 1 is 1.17 bits per heavy atom. The van der Waals surface area contributed by atoms with E-state index >= 15 is 0 Å². The quantitative estimate of drug-likeness (QED) is 0.572. The molecule has 2 heterocycles. The molecule has 3 aromatic rings. The number of imidazole rings is 1. The van der Waals surface area contributed by atoms with Crippen LogP contribution in [0.4, 0.5) is 0 Å². The first-order valence-corrected chi connectivity index (χ1v) is 11.3.